The lowest BCUT2D eigenvalue weighted by Crippen LogP contribution is -2.07. The molecule has 1 N–H and O–H groups in total. The molecule has 0 radical (unpaired) electrons. The summed E-state index contributed by atoms with van der Waals surface area (Å²) in [4.78, 5) is 21.1. The lowest BCUT2D eigenvalue weighted by Gasteiger charge is -2.11. The number of rotatable bonds is 4. The van der Waals surface area contributed by atoms with E-state index in [4.69, 9.17) is 14.6 Å². The van der Waals surface area contributed by atoms with E-state index in [1.807, 2.05) is 0 Å². The van der Waals surface area contributed by atoms with Gasteiger partial charge in [0.2, 0.25) is 0 Å². The largest absolute Gasteiger partial charge is 0.493 e. The van der Waals surface area contributed by atoms with Crippen molar-refractivity contribution in [2.45, 2.75) is 0 Å². The van der Waals surface area contributed by atoms with Gasteiger partial charge in [-0.2, -0.15) is 0 Å². The van der Waals surface area contributed by atoms with Crippen molar-refractivity contribution in [3.8, 4) is 11.5 Å². The van der Waals surface area contributed by atoms with Crippen LogP contribution in [0.5, 0.6) is 11.5 Å². The Bertz CT molecular complexity index is 487. The summed E-state index contributed by atoms with van der Waals surface area (Å²) in [6.07, 6.45) is 0. The summed E-state index contributed by atoms with van der Waals surface area (Å²) in [5.41, 5.74) is -1.13. The van der Waals surface area contributed by atoms with Crippen molar-refractivity contribution in [3.63, 3.8) is 0 Å². The molecule has 92 valence electrons. The maximum absolute atomic E-state index is 11.1. The van der Waals surface area contributed by atoms with Crippen LogP contribution in [0.2, 0.25) is 0 Å². The topological polar surface area (TPSA) is 98.9 Å². The molecule has 0 saturated carbocycles. The molecule has 0 unspecified atom stereocenters. The molecule has 0 aromatic heterocycles. The number of aromatic carboxylic acids is 1. The van der Waals surface area contributed by atoms with E-state index < -0.39 is 22.1 Å². The quantitative estimate of drug-likeness (QED) is 0.675. The zero-order valence-corrected chi connectivity index (χ0v) is 10.5. The first kappa shape index (κ1) is 13.2. The molecule has 0 fully saturated rings. The molecule has 8 heteroatoms. The zero-order chi connectivity index (χ0) is 13.2. The van der Waals surface area contributed by atoms with Crippen LogP contribution in [-0.2, 0) is 0 Å². The summed E-state index contributed by atoms with van der Waals surface area (Å²) in [6.45, 7) is 0. The predicted octanol–water partition coefficient (Wildman–Crippen LogP) is 2.07. The molecule has 1 aromatic rings. The first-order valence-corrected chi connectivity index (χ1v) is 5.05. The molecule has 1 rings (SSSR count). The molecular weight excluding hydrogens is 298 g/mol. The molecule has 0 spiro atoms. The Balaban J connectivity index is 3.73. The van der Waals surface area contributed by atoms with Crippen molar-refractivity contribution >= 4 is 27.6 Å². The van der Waals surface area contributed by atoms with E-state index in [9.17, 15) is 14.9 Å². The minimum atomic E-state index is -1.46. The van der Waals surface area contributed by atoms with Gasteiger partial charge >= 0.3 is 11.7 Å². The maximum Gasteiger partial charge on any atom is 0.346 e. The van der Waals surface area contributed by atoms with Crippen LogP contribution in [0, 0.1) is 10.1 Å². The van der Waals surface area contributed by atoms with Gasteiger partial charge in [-0.3, -0.25) is 10.1 Å². The van der Waals surface area contributed by atoms with Gasteiger partial charge in [-0.15, -0.1) is 0 Å². The number of carboxylic acids is 1. The van der Waals surface area contributed by atoms with Gasteiger partial charge in [0.15, 0.2) is 17.1 Å². The van der Waals surface area contributed by atoms with E-state index in [-0.39, 0.29) is 16.0 Å². The number of halogens is 1. The van der Waals surface area contributed by atoms with Crippen LogP contribution in [0.3, 0.4) is 0 Å². The number of carboxylic acid groups (broad SMARTS) is 1. The minimum absolute atomic E-state index is 0.0116. The molecule has 0 amide bonds. The van der Waals surface area contributed by atoms with Crippen molar-refractivity contribution in [3.05, 3.63) is 26.2 Å². The second-order valence-electron chi connectivity index (χ2n) is 2.88. The second kappa shape index (κ2) is 5.00. The number of nitro groups is 1. The average molecular weight is 306 g/mol. The Kier molecular flexibility index (Phi) is 3.89. The molecular formula is C9H8BrNO6. The van der Waals surface area contributed by atoms with Crippen molar-refractivity contribution in [1.29, 1.82) is 0 Å². The predicted molar refractivity (Wildman–Crippen MR) is 60.9 cm³/mol. The van der Waals surface area contributed by atoms with Crippen molar-refractivity contribution in [2.24, 2.45) is 0 Å². The van der Waals surface area contributed by atoms with Crippen molar-refractivity contribution in [1.82, 2.24) is 0 Å². The number of methoxy groups -OCH3 is 2. The van der Waals surface area contributed by atoms with Gasteiger partial charge in [0, 0.05) is 6.07 Å². The van der Waals surface area contributed by atoms with Crippen LogP contribution in [0.15, 0.2) is 10.5 Å². The van der Waals surface area contributed by atoms with Crippen molar-refractivity contribution in [2.75, 3.05) is 14.2 Å². The highest BCUT2D eigenvalue weighted by Crippen LogP contribution is 2.42. The van der Waals surface area contributed by atoms with Crippen LogP contribution in [0.25, 0.3) is 0 Å². The Morgan fingerprint density at radius 3 is 2.41 bits per heavy atom. The summed E-state index contributed by atoms with van der Waals surface area (Å²) in [5.74, 6) is -1.55. The van der Waals surface area contributed by atoms with Gasteiger partial charge in [0.1, 0.15) is 4.47 Å². The molecule has 0 saturated heterocycles. The maximum atomic E-state index is 11.1. The van der Waals surface area contributed by atoms with E-state index in [2.05, 4.69) is 15.9 Å². The van der Waals surface area contributed by atoms with Gasteiger partial charge < -0.3 is 14.6 Å². The smallest absolute Gasteiger partial charge is 0.346 e. The SMILES string of the molecule is COc1cc(Br)c([N+](=O)[O-])c(C(=O)O)c1OC. The zero-order valence-electron chi connectivity index (χ0n) is 8.89. The second-order valence-corrected chi connectivity index (χ2v) is 3.73. The lowest BCUT2D eigenvalue weighted by molar-refractivity contribution is -0.386. The third kappa shape index (κ3) is 2.31. The van der Waals surface area contributed by atoms with Gasteiger partial charge in [0.05, 0.1) is 19.1 Å². The van der Waals surface area contributed by atoms with E-state index >= 15 is 0 Å². The molecule has 0 heterocycles. The average Bonchev–Trinajstić information content (AvgIpc) is 2.26. The van der Waals surface area contributed by atoms with E-state index in [0.717, 1.165) is 0 Å². The number of nitro benzene ring substituents is 1. The summed E-state index contributed by atoms with van der Waals surface area (Å²) in [5, 5.41) is 19.8. The molecule has 0 atom stereocenters. The number of ether oxygens (including phenoxy) is 2. The summed E-state index contributed by atoms with van der Waals surface area (Å²) < 4.78 is 9.76. The summed E-state index contributed by atoms with van der Waals surface area (Å²) in [7, 11) is 2.52. The van der Waals surface area contributed by atoms with Gasteiger partial charge in [-0.05, 0) is 15.9 Å². The minimum Gasteiger partial charge on any atom is -0.493 e. The number of carbonyl (C=O) groups is 1. The molecule has 0 aliphatic heterocycles. The fourth-order valence-corrected chi connectivity index (χ4v) is 1.88. The fourth-order valence-electron chi connectivity index (χ4n) is 1.33. The Hall–Kier alpha value is -1.83. The van der Waals surface area contributed by atoms with Gasteiger partial charge in [0.25, 0.3) is 0 Å². The van der Waals surface area contributed by atoms with Crippen LogP contribution in [0.1, 0.15) is 10.4 Å². The molecule has 0 aliphatic carbocycles. The van der Waals surface area contributed by atoms with Crippen LogP contribution >= 0.6 is 15.9 Å². The number of benzene rings is 1. The Morgan fingerprint density at radius 1 is 1.47 bits per heavy atom. The summed E-state index contributed by atoms with van der Waals surface area (Å²) >= 11 is 2.93. The molecule has 7 nitrogen and oxygen atoms in total. The van der Waals surface area contributed by atoms with Gasteiger partial charge in [-0.1, -0.05) is 0 Å². The first-order chi connectivity index (χ1) is 7.93. The highest BCUT2D eigenvalue weighted by Gasteiger charge is 2.31. The van der Waals surface area contributed by atoms with E-state index in [1.165, 1.54) is 20.3 Å². The highest BCUT2D eigenvalue weighted by molar-refractivity contribution is 9.10. The molecule has 17 heavy (non-hydrogen) atoms. The van der Waals surface area contributed by atoms with Crippen LogP contribution in [-0.4, -0.2) is 30.2 Å². The van der Waals surface area contributed by atoms with Crippen molar-refractivity contribution < 1.29 is 24.3 Å². The molecule has 0 bridgehead atoms. The monoisotopic (exact) mass is 305 g/mol. The fraction of sp³-hybridized carbons (Fsp3) is 0.222. The first-order valence-electron chi connectivity index (χ1n) is 4.26. The Labute approximate surface area is 104 Å². The number of nitrogens with zero attached hydrogens (tertiary/aromatic N) is 1. The molecule has 0 aliphatic rings. The normalized spacial score (nSPS) is 9.82. The lowest BCUT2D eigenvalue weighted by atomic mass is 10.1. The van der Waals surface area contributed by atoms with E-state index in [1.54, 1.807) is 0 Å². The molecule has 1 aromatic carbocycles. The van der Waals surface area contributed by atoms with Crippen LogP contribution in [0.4, 0.5) is 5.69 Å². The third-order valence-electron chi connectivity index (χ3n) is 1.99. The highest BCUT2D eigenvalue weighted by atomic mass is 79.9. The number of hydrogen-bond donors (Lipinski definition) is 1. The van der Waals surface area contributed by atoms with E-state index in [0.29, 0.717) is 0 Å². The Morgan fingerprint density at radius 2 is 2.06 bits per heavy atom. The third-order valence-corrected chi connectivity index (χ3v) is 2.60. The summed E-state index contributed by atoms with van der Waals surface area (Å²) in [6, 6.07) is 1.28. The standard InChI is InChI=1S/C9H8BrNO6/c1-16-5-3-4(10)7(11(14)15)6(9(12)13)8(5)17-2/h3H,1-2H3,(H,12,13). The van der Waals surface area contributed by atoms with Crippen LogP contribution < -0.4 is 9.47 Å². The number of hydrogen-bond acceptors (Lipinski definition) is 5. The van der Waals surface area contributed by atoms with Gasteiger partial charge in [-0.25, -0.2) is 4.79 Å².